The van der Waals surface area contributed by atoms with E-state index in [-0.39, 0.29) is 42.9 Å². The zero-order chi connectivity index (χ0) is 23.8. The second-order valence-electron chi connectivity index (χ2n) is 8.33. The number of ether oxygens (including phenoxy) is 2. The van der Waals surface area contributed by atoms with Crippen molar-refractivity contribution in [2.24, 2.45) is 11.8 Å². The van der Waals surface area contributed by atoms with E-state index >= 15 is 0 Å². The van der Waals surface area contributed by atoms with Crippen molar-refractivity contribution in [1.82, 2.24) is 10.2 Å². The highest BCUT2D eigenvalue weighted by molar-refractivity contribution is 6.09. The van der Waals surface area contributed by atoms with Crippen molar-refractivity contribution in [3.8, 4) is 11.5 Å². The van der Waals surface area contributed by atoms with Gasteiger partial charge in [-0.2, -0.15) is 0 Å². The Kier molecular flexibility index (Phi) is 6.12. The summed E-state index contributed by atoms with van der Waals surface area (Å²) in [4.78, 5) is 41.6. The number of phenolic OH excluding ortho intramolecular Hbond substituents is 1. The van der Waals surface area contributed by atoms with Crippen LogP contribution in [0.4, 0.5) is 0 Å². The molecule has 2 amide bonds. The van der Waals surface area contributed by atoms with Crippen molar-refractivity contribution in [3.05, 3.63) is 59.7 Å². The van der Waals surface area contributed by atoms with Crippen LogP contribution in [0.15, 0.2) is 48.5 Å². The average molecular weight is 453 g/mol. The summed E-state index contributed by atoms with van der Waals surface area (Å²) >= 11 is 0. The molecule has 8 nitrogen and oxygen atoms in total. The summed E-state index contributed by atoms with van der Waals surface area (Å²) < 4.78 is 10.7. The SMILES string of the molecule is CCOC(=O)[C@]1(Cc2ccccc2)N[C@@H](c2ccc(O)c(OC)c2)[C@H]2C(=O)N(CC)C(=O)[C@H]21. The molecule has 33 heavy (non-hydrogen) atoms. The smallest absolute Gasteiger partial charge is 0.327 e. The number of methoxy groups -OCH3 is 1. The Morgan fingerprint density at radius 3 is 2.48 bits per heavy atom. The topological polar surface area (TPSA) is 105 Å². The van der Waals surface area contributed by atoms with Gasteiger partial charge in [-0.3, -0.25) is 24.6 Å². The molecular weight excluding hydrogens is 424 g/mol. The number of fused-ring (bicyclic) bond motifs is 1. The monoisotopic (exact) mass is 452 g/mol. The number of imide groups is 1. The molecule has 4 rings (SSSR count). The standard InChI is InChI=1S/C25H28N2O6/c1-4-27-22(29)19-20(23(27)30)25(24(31)33-5-2,14-15-9-7-6-8-10-15)26-21(19)16-11-12-17(28)18(13-16)32-3/h6-13,19-21,26,28H,4-5,14H2,1-3H3/t19-,20-,21-,25+/m0/s1. The molecule has 0 spiro atoms. The maximum absolute atomic E-state index is 13.5. The highest BCUT2D eigenvalue weighted by atomic mass is 16.5. The van der Waals surface area contributed by atoms with Crippen molar-refractivity contribution >= 4 is 17.8 Å². The number of phenols is 1. The maximum Gasteiger partial charge on any atom is 0.327 e. The Hall–Kier alpha value is -3.39. The van der Waals surface area contributed by atoms with Gasteiger partial charge in [0.05, 0.1) is 25.6 Å². The van der Waals surface area contributed by atoms with Gasteiger partial charge in [0.25, 0.3) is 0 Å². The zero-order valence-corrected chi connectivity index (χ0v) is 18.9. The lowest BCUT2D eigenvalue weighted by molar-refractivity contribution is -0.156. The number of carbonyl (C=O) groups is 3. The van der Waals surface area contributed by atoms with Gasteiger partial charge in [-0.05, 0) is 37.1 Å². The Morgan fingerprint density at radius 2 is 1.85 bits per heavy atom. The van der Waals surface area contributed by atoms with E-state index in [0.717, 1.165) is 5.56 Å². The highest BCUT2D eigenvalue weighted by Crippen LogP contribution is 2.51. The van der Waals surface area contributed by atoms with E-state index in [2.05, 4.69) is 5.32 Å². The molecule has 0 aromatic heterocycles. The second kappa shape index (κ2) is 8.86. The van der Waals surface area contributed by atoms with Crippen LogP contribution in [0, 0.1) is 11.8 Å². The molecule has 2 aromatic rings. The van der Waals surface area contributed by atoms with Crippen molar-refractivity contribution in [1.29, 1.82) is 0 Å². The van der Waals surface area contributed by atoms with Gasteiger partial charge in [0, 0.05) is 19.0 Å². The molecule has 2 fully saturated rings. The first-order valence-electron chi connectivity index (χ1n) is 11.1. The van der Waals surface area contributed by atoms with Crippen LogP contribution in [-0.2, 0) is 25.5 Å². The number of carbonyl (C=O) groups excluding carboxylic acids is 3. The Bertz CT molecular complexity index is 1070. The van der Waals surface area contributed by atoms with Gasteiger partial charge in [-0.15, -0.1) is 0 Å². The molecule has 2 saturated heterocycles. The van der Waals surface area contributed by atoms with E-state index in [1.807, 2.05) is 30.3 Å². The van der Waals surface area contributed by atoms with Crippen molar-refractivity contribution in [2.75, 3.05) is 20.3 Å². The third-order valence-corrected chi connectivity index (χ3v) is 6.59. The number of esters is 1. The first kappa shape index (κ1) is 22.8. The van der Waals surface area contributed by atoms with Crippen LogP contribution in [0.2, 0.25) is 0 Å². The minimum atomic E-state index is -1.42. The van der Waals surface area contributed by atoms with Gasteiger partial charge in [-0.25, -0.2) is 0 Å². The van der Waals surface area contributed by atoms with E-state index in [1.165, 1.54) is 18.1 Å². The van der Waals surface area contributed by atoms with Crippen LogP contribution in [0.25, 0.3) is 0 Å². The lowest BCUT2D eigenvalue weighted by Crippen LogP contribution is -2.58. The Labute approximate surface area is 192 Å². The summed E-state index contributed by atoms with van der Waals surface area (Å²) in [6.45, 7) is 3.82. The number of hydrogen-bond acceptors (Lipinski definition) is 7. The number of hydrogen-bond donors (Lipinski definition) is 2. The zero-order valence-electron chi connectivity index (χ0n) is 18.9. The molecular formula is C25H28N2O6. The number of rotatable bonds is 7. The number of likely N-dealkylation sites (tertiary alicyclic amines) is 1. The van der Waals surface area contributed by atoms with Crippen LogP contribution in [-0.4, -0.2) is 53.6 Å². The number of aromatic hydroxyl groups is 1. The van der Waals surface area contributed by atoms with Crippen LogP contribution >= 0.6 is 0 Å². The molecule has 174 valence electrons. The van der Waals surface area contributed by atoms with E-state index in [0.29, 0.717) is 5.56 Å². The lowest BCUT2D eigenvalue weighted by atomic mass is 9.76. The summed E-state index contributed by atoms with van der Waals surface area (Å²) in [5, 5.41) is 13.4. The molecule has 2 heterocycles. The second-order valence-corrected chi connectivity index (χ2v) is 8.33. The fraction of sp³-hybridized carbons (Fsp3) is 0.400. The molecule has 2 N–H and O–H groups in total. The third kappa shape index (κ3) is 3.64. The molecule has 2 aliphatic rings. The van der Waals surface area contributed by atoms with Gasteiger partial charge >= 0.3 is 5.97 Å². The summed E-state index contributed by atoms with van der Waals surface area (Å²) in [6, 6.07) is 13.5. The Balaban J connectivity index is 1.88. The highest BCUT2D eigenvalue weighted by Gasteiger charge is 2.68. The third-order valence-electron chi connectivity index (χ3n) is 6.59. The quantitative estimate of drug-likeness (QED) is 0.490. The predicted octanol–water partition coefficient (Wildman–Crippen LogP) is 2.21. The number of nitrogens with zero attached hydrogens (tertiary/aromatic N) is 1. The van der Waals surface area contributed by atoms with E-state index in [1.54, 1.807) is 26.0 Å². The van der Waals surface area contributed by atoms with E-state index in [4.69, 9.17) is 9.47 Å². The molecule has 2 aliphatic heterocycles. The van der Waals surface area contributed by atoms with Crippen molar-refractivity contribution in [3.63, 3.8) is 0 Å². The van der Waals surface area contributed by atoms with E-state index < -0.39 is 29.4 Å². The van der Waals surface area contributed by atoms with E-state index in [9.17, 15) is 19.5 Å². The minimum Gasteiger partial charge on any atom is -0.504 e. The largest absolute Gasteiger partial charge is 0.504 e. The van der Waals surface area contributed by atoms with Gasteiger partial charge < -0.3 is 14.6 Å². The number of benzene rings is 2. The molecule has 4 atom stereocenters. The first-order chi connectivity index (χ1) is 15.9. The summed E-state index contributed by atoms with van der Waals surface area (Å²) in [7, 11) is 1.44. The van der Waals surface area contributed by atoms with Gasteiger partial charge in [0.15, 0.2) is 11.5 Å². The summed E-state index contributed by atoms with van der Waals surface area (Å²) in [5.74, 6) is -2.77. The molecule has 0 unspecified atom stereocenters. The van der Waals surface area contributed by atoms with Gasteiger partial charge in [0.1, 0.15) is 5.54 Å². The average Bonchev–Trinajstić information content (AvgIpc) is 3.29. The summed E-state index contributed by atoms with van der Waals surface area (Å²) in [6.07, 6.45) is 0.191. The normalized spacial score (nSPS) is 26.4. The fourth-order valence-electron chi connectivity index (χ4n) is 5.15. The lowest BCUT2D eigenvalue weighted by Gasteiger charge is -2.33. The summed E-state index contributed by atoms with van der Waals surface area (Å²) in [5.41, 5.74) is 0.0583. The minimum absolute atomic E-state index is 0.0410. The van der Waals surface area contributed by atoms with Crippen LogP contribution in [0.5, 0.6) is 11.5 Å². The van der Waals surface area contributed by atoms with Crippen LogP contribution < -0.4 is 10.1 Å². The Morgan fingerprint density at radius 1 is 1.12 bits per heavy atom. The number of nitrogens with one attached hydrogen (secondary N) is 1. The molecule has 0 bridgehead atoms. The van der Waals surface area contributed by atoms with Gasteiger partial charge in [0.2, 0.25) is 11.8 Å². The predicted molar refractivity (Wildman–Crippen MR) is 119 cm³/mol. The molecule has 0 saturated carbocycles. The molecule has 2 aromatic carbocycles. The first-order valence-corrected chi connectivity index (χ1v) is 11.1. The fourth-order valence-corrected chi connectivity index (χ4v) is 5.15. The van der Waals surface area contributed by atoms with Crippen LogP contribution in [0.3, 0.4) is 0 Å². The number of amides is 2. The molecule has 8 heteroatoms. The van der Waals surface area contributed by atoms with Gasteiger partial charge in [-0.1, -0.05) is 36.4 Å². The van der Waals surface area contributed by atoms with Crippen molar-refractivity contribution < 1.29 is 29.0 Å². The molecule has 0 radical (unpaired) electrons. The maximum atomic E-state index is 13.5. The van der Waals surface area contributed by atoms with Crippen molar-refractivity contribution in [2.45, 2.75) is 31.8 Å². The van der Waals surface area contributed by atoms with Crippen LogP contribution in [0.1, 0.15) is 31.0 Å². The molecule has 0 aliphatic carbocycles.